The van der Waals surface area contributed by atoms with Crippen molar-refractivity contribution in [2.75, 3.05) is 11.9 Å². The zero-order valence-corrected chi connectivity index (χ0v) is 10.6. The summed E-state index contributed by atoms with van der Waals surface area (Å²) in [6.07, 6.45) is 4.09. The molecule has 0 aliphatic heterocycles. The van der Waals surface area contributed by atoms with Gasteiger partial charge in [-0.1, -0.05) is 18.5 Å². The molecule has 0 saturated carbocycles. The summed E-state index contributed by atoms with van der Waals surface area (Å²) in [7, 11) is 0. The average molecular weight is 252 g/mol. The molecule has 0 unspecified atom stereocenters. The highest BCUT2D eigenvalue weighted by molar-refractivity contribution is 6.30. The van der Waals surface area contributed by atoms with Gasteiger partial charge >= 0.3 is 0 Å². The summed E-state index contributed by atoms with van der Waals surface area (Å²) < 4.78 is 1.64. The molecule has 0 radical (unpaired) electrons. The summed E-state index contributed by atoms with van der Waals surface area (Å²) in [6.45, 7) is 4.86. The molecule has 0 fully saturated rings. The van der Waals surface area contributed by atoms with Crippen molar-refractivity contribution >= 4 is 17.4 Å². The number of halogens is 1. The fraction of sp³-hybridized carbons (Fsp3) is 0.364. The van der Waals surface area contributed by atoms with Crippen molar-refractivity contribution < 1.29 is 0 Å². The number of aromatic nitrogens is 4. The van der Waals surface area contributed by atoms with Crippen LogP contribution in [0, 0.1) is 0 Å². The Bertz CT molecular complexity index is 508. The Morgan fingerprint density at radius 3 is 2.76 bits per heavy atom. The van der Waals surface area contributed by atoms with Gasteiger partial charge in [-0.25, -0.2) is 14.6 Å². The van der Waals surface area contributed by atoms with Crippen molar-refractivity contribution in [3.8, 4) is 5.82 Å². The van der Waals surface area contributed by atoms with E-state index in [1.54, 1.807) is 17.1 Å². The molecular weight excluding hydrogens is 238 g/mol. The largest absolute Gasteiger partial charge is 0.370 e. The Morgan fingerprint density at radius 1 is 1.35 bits per heavy atom. The van der Waals surface area contributed by atoms with Gasteiger partial charge in [0, 0.05) is 19.0 Å². The van der Waals surface area contributed by atoms with Crippen LogP contribution in [-0.2, 0) is 6.42 Å². The highest BCUT2D eigenvalue weighted by Gasteiger charge is 2.06. The lowest BCUT2D eigenvalue weighted by Gasteiger charge is -2.07. The van der Waals surface area contributed by atoms with Crippen molar-refractivity contribution in [1.82, 2.24) is 19.7 Å². The number of hydrogen-bond donors (Lipinski definition) is 1. The number of rotatable bonds is 4. The number of nitrogens with one attached hydrogen (secondary N) is 1. The van der Waals surface area contributed by atoms with Crippen molar-refractivity contribution in [3.05, 3.63) is 29.3 Å². The molecule has 5 nitrogen and oxygen atoms in total. The Balaban J connectivity index is 2.42. The van der Waals surface area contributed by atoms with Crippen molar-refractivity contribution in [2.24, 2.45) is 0 Å². The standard InChI is InChI=1S/C11H14ClN5/c1-3-9-15-10(13-4-2)5-11(16-9)17-7-8(12)6-14-17/h5-7H,3-4H2,1-2H3,(H,13,15,16). The van der Waals surface area contributed by atoms with Crippen LogP contribution < -0.4 is 5.32 Å². The summed E-state index contributed by atoms with van der Waals surface area (Å²) >= 11 is 5.84. The van der Waals surface area contributed by atoms with E-state index >= 15 is 0 Å². The zero-order valence-electron chi connectivity index (χ0n) is 9.81. The van der Waals surface area contributed by atoms with E-state index in [2.05, 4.69) is 20.4 Å². The van der Waals surface area contributed by atoms with Crippen molar-refractivity contribution in [2.45, 2.75) is 20.3 Å². The number of aryl methyl sites for hydroxylation is 1. The Hall–Kier alpha value is -1.62. The molecule has 2 aromatic rings. The van der Waals surface area contributed by atoms with Crippen molar-refractivity contribution in [1.29, 1.82) is 0 Å². The van der Waals surface area contributed by atoms with E-state index in [1.165, 1.54) is 0 Å². The highest BCUT2D eigenvalue weighted by Crippen LogP contribution is 2.13. The van der Waals surface area contributed by atoms with E-state index in [0.717, 1.165) is 30.4 Å². The number of nitrogens with zero attached hydrogens (tertiary/aromatic N) is 4. The third-order valence-electron chi connectivity index (χ3n) is 2.22. The summed E-state index contributed by atoms with van der Waals surface area (Å²) in [5.41, 5.74) is 0. The van der Waals surface area contributed by atoms with Gasteiger partial charge in [0.15, 0.2) is 5.82 Å². The first-order valence-electron chi connectivity index (χ1n) is 5.55. The molecule has 0 spiro atoms. The van der Waals surface area contributed by atoms with E-state index < -0.39 is 0 Å². The molecule has 0 saturated heterocycles. The fourth-order valence-corrected chi connectivity index (χ4v) is 1.59. The van der Waals surface area contributed by atoms with Crippen LogP contribution in [0.2, 0.25) is 5.02 Å². The van der Waals surface area contributed by atoms with Crippen molar-refractivity contribution in [3.63, 3.8) is 0 Å². The normalized spacial score (nSPS) is 10.5. The predicted molar refractivity (Wildman–Crippen MR) is 67.7 cm³/mol. The predicted octanol–water partition coefficient (Wildman–Crippen LogP) is 2.31. The summed E-state index contributed by atoms with van der Waals surface area (Å²) in [5.74, 6) is 2.31. The van der Waals surface area contributed by atoms with Crippen LogP contribution in [0.4, 0.5) is 5.82 Å². The van der Waals surface area contributed by atoms with Crippen LogP contribution >= 0.6 is 11.6 Å². The molecule has 17 heavy (non-hydrogen) atoms. The lowest BCUT2D eigenvalue weighted by atomic mass is 10.4. The maximum absolute atomic E-state index is 5.84. The summed E-state index contributed by atoms with van der Waals surface area (Å²) in [5, 5.41) is 7.89. The van der Waals surface area contributed by atoms with Gasteiger partial charge in [-0.15, -0.1) is 0 Å². The fourth-order valence-electron chi connectivity index (χ4n) is 1.46. The first kappa shape index (κ1) is 11.9. The van der Waals surface area contributed by atoms with Gasteiger partial charge in [0.2, 0.25) is 0 Å². The van der Waals surface area contributed by atoms with Crippen LogP contribution in [0.5, 0.6) is 0 Å². The van der Waals surface area contributed by atoms with Gasteiger partial charge < -0.3 is 5.32 Å². The third kappa shape index (κ3) is 2.74. The molecule has 90 valence electrons. The first-order valence-corrected chi connectivity index (χ1v) is 5.93. The van der Waals surface area contributed by atoms with E-state index in [1.807, 2.05) is 19.9 Å². The quantitative estimate of drug-likeness (QED) is 0.906. The molecule has 0 aliphatic rings. The Kier molecular flexibility index (Phi) is 3.58. The molecule has 6 heteroatoms. The van der Waals surface area contributed by atoms with E-state index in [9.17, 15) is 0 Å². The summed E-state index contributed by atoms with van der Waals surface area (Å²) in [6, 6.07) is 1.85. The van der Waals surface area contributed by atoms with Crippen LogP contribution in [0.3, 0.4) is 0 Å². The average Bonchev–Trinajstić information content (AvgIpc) is 2.76. The SMILES string of the molecule is CCNc1cc(-n2cc(Cl)cn2)nc(CC)n1. The lowest BCUT2D eigenvalue weighted by Crippen LogP contribution is -2.07. The second-order valence-corrected chi connectivity index (χ2v) is 3.95. The van der Waals surface area contributed by atoms with Gasteiger partial charge in [-0.3, -0.25) is 0 Å². The van der Waals surface area contributed by atoms with Gasteiger partial charge in [-0.2, -0.15) is 5.10 Å². The van der Waals surface area contributed by atoms with Gasteiger partial charge in [0.25, 0.3) is 0 Å². The minimum absolute atomic E-state index is 0.590. The molecule has 2 aromatic heterocycles. The van der Waals surface area contributed by atoms with Gasteiger partial charge in [0.1, 0.15) is 11.6 Å². The van der Waals surface area contributed by atoms with Crippen LogP contribution in [0.25, 0.3) is 5.82 Å². The molecule has 1 N–H and O–H groups in total. The van der Waals surface area contributed by atoms with Crippen LogP contribution in [0.15, 0.2) is 18.5 Å². The topological polar surface area (TPSA) is 55.6 Å². The Morgan fingerprint density at radius 2 is 2.18 bits per heavy atom. The molecule has 0 aromatic carbocycles. The molecule has 2 heterocycles. The maximum Gasteiger partial charge on any atom is 0.159 e. The Labute approximate surface area is 105 Å². The molecule has 0 atom stereocenters. The second-order valence-electron chi connectivity index (χ2n) is 3.51. The molecule has 2 rings (SSSR count). The first-order chi connectivity index (χ1) is 8.22. The van der Waals surface area contributed by atoms with E-state index in [-0.39, 0.29) is 0 Å². The van der Waals surface area contributed by atoms with Gasteiger partial charge in [0.05, 0.1) is 17.4 Å². The lowest BCUT2D eigenvalue weighted by molar-refractivity contribution is 0.813. The second kappa shape index (κ2) is 5.14. The van der Waals surface area contributed by atoms with E-state index in [4.69, 9.17) is 11.6 Å². The molecule has 0 aliphatic carbocycles. The monoisotopic (exact) mass is 251 g/mol. The zero-order chi connectivity index (χ0) is 12.3. The van der Waals surface area contributed by atoms with E-state index in [0.29, 0.717) is 5.02 Å². The smallest absolute Gasteiger partial charge is 0.159 e. The van der Waals surface area contributed by atoms with Crippen LogP contribution in [-0.4, -0.2) is 26.3 Å². The minimum Gasteiger partial charge on any atom is -0.370 e. The molecule has 0 amide bonds. The molecule has 0 bridgehead atoms. The number of anilines is 1. The van der Waals surface area contributed by atoms with Gasteiger partial charge in [-0.05, 0) is 6.92 Å². The minimum atomic E-state index is 0.590. The third-order valence-corrected chi connectivity index (χ3v) is 2.41. The molecular formula is C11H14ClN5. The summed E-state index contributed by atoms with van der Waals surface area (Å²) in [4.78, 5) is 8.79. The highest BCUT2D eigenvalue weighted by atomic mass is 35.5. The van der Waals surface area contributed by atoms with Crippen LogP contribution in [0.1, 0.15) is 19.7 Å². The number of hydrogen-bond acceptors (Lipinski definition) is 4. The maximum atomic E-state index is 5.84.